The van der Waals surface area contributed by atoms with E-state index in [0.717, 1.165) is 26.2 Å². The minimum Gasteiger partial charge on any atom is -0.317 e. The molecule has 1 saturated heterocycles. The van der Waals surface area contributed by atoms with E-state index in [1.54, 1.807) is 0 Å². The molecule has 3 nitrogen and oxygen atoms in total. The summed E-state index contributed by atoms with van der Waals surface area (Å²) < 4.78 is 0. The molecular weight excluding hydrogens is 174 g/mol. The third-order valence-electron chi connectivity index (χ3n) is 3.14. The Morgan fingerprint density at radius 3 is 2.50 bits per heavy atom. The Morgan fingerprint density at radius 1 is 1.29 bits per heavy atom. The molecule has 14 heavy (non-hydrogen) atoms. The lowest BCUT2D eigenvalue weighted by molar-refractivity contribution is 0.0958. The van der Waals surface area contributed by atoms with E-state index in [1.165, 1.54) is 19.5 Å². The first kappa shape index (κ1) is 12.0. The summed E-state index contributed by atoms with van der Waals surface area (Å²) in [5.41, 5.74) is 0.351. The van der Waals surface area contributed by atoms with Crippen molar-refractivity contribution in [3.63, 3.8) is 0 Å². The summed E-state index contributed by atoms with van der Waals surface area (Å²) in [4.78, 5) is 2.60. The van der Waals surface area contributed by atoms with Crippen molar-refractivity contribution in [2.24, 2.45) is 0 Å². The lowest BCUT2D eigenvalue weighted by Crippen LogP contribution is -2.54. The first-order chi connectivity index (χ1) is 6.67. The Hall–Kier alpha value is -0.120. The number of piperazine rings is 1. The van der Waals surface area contributed by atoms with Crippen LogP contribution in [0.5, 0.6) is 0 Å². The Balaban J connectivity index is 2.29. The van der Waals surface area contributed by atoms with Gasteiger partial charge in [0.05, 0.1) is 0 Å². The molecule has 0 aromatic rings. The average Bonchev–Trinajstić information content (AvgIpc) is 2.19. The summed E-state index contributed by atoms with van der Waals surface area (Å²) in [5.74, 6) is 0. The molecule has 0 aromatic carbocycles. The van der Waals surface area contributed by atoms with Crippen molar-refractivity contribution in [2.75, 3.05) is 39.3 Å². The second-order valence-corrected chi connectivity index (χ2v) is 4.65. The monoisotopic (exact) mass is 199 g/mol. The molecule has 0 radical (unpaired) electrons. The van der Waals surface area contributed by atoms with Crippen molar-refractivity contribution in [3.05, 3.63) is 0 Å². The van der Waals surface area contributed by atoms with Gasteiger partial charge in [-0.25, -0.2) is 0 Å². The van der Waals surface area contributed by atoms with Gasteiger partial charge in [-0.05, 0) is 33.4 Å². The standard InChI is InChI=1S/C11H25N3/c1-4-12-6-5-11(2,3)14-9-7-13-8-10-14/h12-13H,4-10H2,1-3H3. The van der Waals surface area contributed by atoms with Gasteiger partial charge in [-0.15, -0.1) is 0 Å². The zero-order chi connectivity index (χ0) is 10.4. The van der Waals surface area contributed by atoms with Gasteiger partial charge < -0.3 is 10.6 Å². The molecule has 0 amide bonds. The van der Waals surface area contributed by atoms with Crippen LogP contribution in [0.4, 0.5) is 0 Å². The summed E-state index contributed by atoms with van der Waals surface area (Å²) >= 11 is 0. The molecule has 0 atom stereocenters. The van der Waals surface area contributed by atoms with E-state index in [-0.39, 0.29) is 0 Å². The van der Waals surface area contributed by atoms with Crippen LogP contribution >= 0.6 is 0 Å². The first-order valence-electron chi connectivity index (χ1n) is 5.83. The first-order valence-corrected chi connectivity index (χ1v) is 5.83. The second kappa shape index (κ2) is 5.69. The summed E-state index contributed by atoms with van der Waals surface area (Å²) in [7, 11) is 0. The third kappa shape index (κ3) is 3.56. The molecule has 1 rings (SSSR count). The van der Waals surface area contributed by atoms with Crippen molar-refractivity contribution in [2.45, 2.75) is 32.7 Å². The van der Waals surface area contributed by atoms with Gasteiger partial charge in [0.2, 0.25) is 0 Å². The fraction of sp³-hybridized carbons (Fsp3) is 1.00. The van der Waals surface area contributed by atoms with E-state index in [0.29, 0.717) is 5.54 Å². The van der Waals surface area contributed by atoms with Gasteiger partial charge in [-0.1, -0.05) is 6.92 Å². The van der Waals surface area contributed by atoms with E-state index in [9.17, 15) is 0 Å². The molecule has 1 heterocycles. The predicted molar refractivity (Wildman–Crippen MR) is 61.7 cm³/mol. The van der Waals surface area contributed by atoms with E-state index >= 15 is 0 Å². The number of nitrogens with one attached hydrogen (secondary N) is 2. The van der Waals surface area contributed by atoms with E-state index in [2.05, 4.69) is 36.3 Å². The van der Waals surface area contributed by atoms with E-state index < -0.39 is 0 Å². The Labute approximate surface area is 88.2 Å². The van der Waals surface area contributed by atoms with Gasteiger partial charge in [0.25, 0.3) is 0 Å². The molecule has 84 valence electrons. The molecule has 0 aromatic heterocycles. The molecule has 3 heteroatoms. The Bertz CT molecular complexity index is 151. The minimum absolute atomic E-state index is 0.351. The zero-order valence-electron chi connectivity index (χ0n) is 9.90. The number of hydrogen-bond acceptors (Lipinski definition) is 3. The van der Waals surface area contributed by atoms with Crippen molar-refractivity contribution >= 4 is 0 Å². The highest BCUT2D eigenvalue weighted by Gasteiger charge is 2.26. The van der Waals surface area contributed by atoms with Gasteiger partial charge in [0.15, 0.2) is 0 Å². The number of nitrogens with zero attached hydrogens (tertiary/aromatic N) is 1. The topological polar surface area (TPSA) is 27.3 Å². The Morgan fingerprint density at radius 2 is 1.93 bits per heavy atom. The third-order valence-corrected chi connectivity index (χ3v) is 3.14. The molecule has 0 unspecified atom stereocenters. The van der Waals surface area contributed by atoms with Crippen LogP contribution < -0.4 is 10.6 Å². The lowest BCUT2D eigenvalue weighted by Gasteiger charge is -2.41. The molecule has 1 aliphatic heterocycles. The van der Waals surface area contributed by atoms with Gasteiger partial charge in [-0.3, -0.25) is 4.90 Å². The summed E-state index contributed by atoms with van der Waals surface area (Å²) in [6.07, 6.45) is 1.24. The Kier molecular flexibility index (Phi) is 4.85. The van der Waals surface area contributed by atoms with Crippen LogP contribution in [-0.4, -0.2) is 49.7 Å². The summed E-state index contributed by atoms with van der Waals surface area (Å²) in [6, 6.07) is 0. The molecular formula is C11H25N3. The highest BCUT2D eigenvalue weighted by atomic mass is 15.2. The van der Waals surface area contributed by atoms with Crippen molar-refractivity contribution in [1.82, 2.24) is 15.5 Å². The van der Waals surface area contributed by atoms with Crippen LogP contribution in [0.2, 0.25) is 0 Å². The molecule has 0 aliphatic carbocycles. The van der Waals surface area contributed by atoms with Crippen LogP contribution in [0.3, 0.4) is 0 Å². The van der Waals surface area contributed by atoms with E-state index in [1.807, 2.05) is 0 Å². The predicted octanol–water partition coefficient (Wildman–Crippen LogP) is 0.670. The van der Waals surface area contributed by atoms with Crippen molar-refractivity contribution in [3.8, 4) is 0 Å². The maximum absolute atomic E-state index is 3.40. The zero-order valence-corrected chi connectivity index (χ0v) is 9.90. The SMILES string of the molecule is CCNCCC(C)(C)N1CCNCC1. The number of hydrogen-bond donors (Lipinski definition) is 2. The van der Waals surface area contributed by atoms with Crippen LogP contribution in [0, 0.1) is 0 Å². The van der Waals surface area contributed by atoms with Crippen LogP contribution in [0.1, 0.15) is 27.2 Å². The maximum Gasteiger partial charge on any atom is 0.0166 e. The molecule has 0 saturated carbocycles. The normalized spacial score (nSPS) is 19.9. The molecule has 1 aliphatic rings. The largest absolute Gasteiger partial charge is 0.317 e. The van der Waals surface area contributed by atoms with Crippen LogP contribution in [0.25, 0.3) is 0 Å². The van der Waals surface area contributed by atoms with Gasteiger partial charge >= 0.3 is 0 Å². The highest BCUT2D eigenvalue weighted by Crippen LogP contribution is 2.18. The van der Waals surface area contributed by atoms with Crippen LogP contribution in [-0.2, 0) is 0 Å². The molecule has 0 spiro atoms. The van der Waals surface area contributed by atoms with Crippen molar-refractivity contribution in [1.29, 1.82) is 0 Å². The summed E-state index contributed by atoms with van der Waals surface area (Å²) in [5, 5.41) is 6.80. The smallest absolute Gasteiger partial charge is 0.0166 e. The fourth-order valence-corrected chi connectivity index (χ4v) is 2.00. The fourth-order valence-electron chi connectivity index (χ4n) is 2.00. The molecule has 0 bridgehead atoms. The highest BCUT2D eigenvalue weighted by molar-refractivity contribution is 4.85. The average molecular weight is 199 g/mol. The van der Waals surface area contributed by atoms with Gasteiger partial charge in [-0.2, -0.15) is 0 Å². The molecule has 2 N–H and O–H groups in total. The van der Waals surface area contributed by atoms with Crippen molar-refractivity contribution < 1.29 is 0 Å². The quantitative estimate of drug-likeness (QED) is 0.637. The minimum atomic E-state index is 0.351. The second-order valence-electron chi connectivity index (χ2n) is 4.65. The van der Waals surface area contributed by atoms with E-state index in [4.69, 9.17) is 0 Å². The summed E-state index contributed by atoms with van der Waals surface area (Å²) in [6.45, 7) is 13.8. The van der Waals surface area contributed by atoms with Gasteiger partial charge in [0, 0.05) is 31.7 Å². The molecule has 1 fully saturated rings. The number of rotatable bonds is 5. The van der Waals surface area contributed by atoms with Gasteiger partial charge in [0.1, 0.15) is 0 Å². The lowest BCUT2D eigenvalue weighted by atomic mass is 9.97. The van der Waals surface area contributed by atoms with Crippen LogP contribution in [0.15, 0.2) is 0 Å². The maximum atomic E-state index is 3.40.